The van der Waals surface area contributed by atoms with Crippen LogP contribution in [0.1, 0.15) is 6.92 Å². The van der Waals surface area contributed by atoms with E-state index in [9.17, 15) is 13.2 Å². The molecule has 88 valence electrons. The van der Waals surface area contributed by atoms with E-state index in [0.29, 0.717) is 0 Å². The number of hydrogen-bond donors (Lipinski definition) is 3. The van der Waals surface area contributed by atoms with Crippen LogP contribution in [0, 0.1) is 0 Å². The topological polar surface area (TPSA) is 125 Å². The van der Waals surface area contributed by atoms with Gasteiger partial charge in [-0.2, -0.15) is 0 Å². The lowest BCUT2D eigenvalue weighted by Crippen LogP contribution is -2.41. The van der Waals surface area contributed by atoms with Crippen LogP contribution < -0.4 is 16.2 Å². The minimum atomic E-state index is -3.61. The highest BCUT2D eigenvalue weighted by molar-refractivity contribution is 7.93. The van der Waals surface area contributed by atoms with E-state index in [1.807, 2.05) is 0 Å². The first-order valence-electron chi connectivity index (χ1n) is 3.97. The molecule has 0 aliphatic heterocycles. The predicted molar refractivity (Wildman–Crippen MR) is 58.7 cm³/mol. The predicted octanol–water partition coefficient (Wildman–Crippen LogP) is -1.32. The molecule has 0 saturated heterocycles. The van der Waals surface area contributed by atoms with Crippen molar-refractivity contribution in [2.24, 2.45) is 11.5 Å². The molecule has 0 spiro atoms. The van der Waals surface area contributed by atoms with Crippen LogP contribution in [-0.4, -0.2) is 37.9 Å². The zero-order chi connectivity index (χ0) is 12.1. The van der Waals surface area contributed by atoms with Gasteiger partial charge in [-0.3, -0.25) is 0 Å². The van der Waals surface area contributed by atoms with Gasteiger partial charge >= 0.3 is 6.09 Å². The maximum Gasteiger partial charge on any atom is 0.404 e. The van der Waals surface area contributed by atoms with Gasteiger partial charge in [-0.05, 0) is 6.92 Å². The number of ether oxygens (including phenoxy) is 1. The summed E-state index contributed by atoms with van der Waals surface area (Å²) in [5.74, 6) is 0. The Morgan fingerprint density at radius 1 is 1.53 bits per heavy atom. The molecule has 0 radical (unpaired) electrons. The van der Waals surface area contributed by atoms with Crippen LogP contribution in [0.15, 0.2) is 0 Å². The minimum Gasteiger partial charge on any atom is -0.448 e. The summed E-state index contributed by atoms with van der Waals surface area (Å²) in [6.45, 7) is 1.15. The number of nitrogens with one attached hydrogen (secondary N) is 1. The molecular weight excluding hydrogens is 242 g/mol. The fourth-order valence-electron chi connectivity index (χ4n) is 0.613. The van der Waals surface area contributed by atoms with Gasteiger partial charge in [0.25, 0.3) is 0 Å². The highest BCUT2D eigenvalue weighted by Crippen LogP contribution is 1.97. The van der Waals surface area contributed by atoms with Crippen molar-refractivity contribution >= 4 is 33.3 Å². The molecule has 7 nitrogen and oxygen atoms in total. The second kappa shape index (κ2) is 5.83. The third-order valence-corrected chi connectivity index (χ3v) is 3.81. The number of sulfonamides is 1. The molecule has 0 aromatic heterocycles. The molecule has 1 unspecified atom stereocenters. The van der Waals surface area contributed by atoms with Crippen molar-refractivity contribution in [3.63, 3.8) is 0 Å². The molecule has 0 heterocycles. The Bertz CT molecular complexity index is 340. The Morgan fingerprint density at radius 2 is 2.07 bits per heavy atom. The summed E-state index contributed by atoms with van der Waals surface area (Å²) in [6, 6.07) is 0. The molecule has 0 saturated carbocycles. The smallest absolute Gasteiger partial charge is 0.404 e. The van der Waals surface area contributed by atoms with Crippen molar-refractivity contribution < 1.29 is 17.9 Å². The number of amides is 1. The molecule has 0 fully saturated rings. The number of carbonyl (C=O) groups is 1. The van der Waals surface area contributed by atoms with Crippen molar-refractivity contribution in [2.45, 2.75) is 12.2 Å². The lowest BCUT2D eigenvalue weighted by atomic mass is 10.5. The molecule has 1 atom stereocenters. The van der Waals surface area contributed by atoms with E-state index in [2.05, 4.69) is 27.4 Å². The van der Waals surface area contributed by atoms with Crippen LogP contribution in [0.4, 0.5) is 4.79 Å². The summed E-state index contributed by atoms with van der Waals surface area (Å²) in [5, 5.41) is -0.971. The molecule has 5 N–H and O–H groups in total. The summed E-state index contributed by atoms with van der Waals surface area (Å²) in [7, 11) is -3.61. The number of hydrogen-bond acceptors (Lipinski definition) is 5. The second-order valence-corrected chi connectivity index (χ2v) is 5.21. The number of primary amides is 1. The molecule has 0 aliphatic rings. The van der Waals surface area contributed by atoms with Crippen LogP contribution in [0.3, 0.4) is 0 Å². The van der Waals surface area contributed by atoms with Gasteiger partial charge in [0.2, 0.25) is 10.0 Å². The second-order valence-electron chi connectivity index (χ2n) is 2.65. The minimum absolute atomic E-state index is 0.0712. The molecule has 9 heteroatoms. The Balaban J connectivity index is 4.06. The SMILES string of the molecule is CC(C(N)=S)S(=O)(=O)NCCOC(N)=O. The lowest BCUT2D eigenvalue weighted by molar-refractivity contribution is 0.159. The summed E-state index contributed by atoms with van der Waals surface area (Å²) < 4.78 is 29.2. The molecule has 0 aliphatic carbocycles. The van der Waals surface area contributed by atoms with Gasteiger partial charge < -0.3 is 16.2 Å². The van der Waals surface area contributed by atoms with Crippen molar-refractivity contribution in [2.75, 3.05) is 13.2 Å². The van der Waals surface area contributed by atoms with Crippen LogP contribution in [0.25, 0.3) is 0 Å². The largest absolute Gasteiger partial charge is 0.448 e. The average molecular weight is 255 g/mol. The van der Waals surface area contributed by atoms with Crippen molar-refractivity contribution in [3.8, 4) is 0 Å². The summed E-state index contributed by atoms with van der Waals surface area (Å²) in [6.07, 6.45) is -0.961. The van der Waals surface area contributed by atoms with E-state index in [-0.39, 0.29) is 18.1 Å². The van der Waals surface area contributed by atoms with Crippen molar-refractivity contribution in [3.05, 3.63) is 0 Å². The first kappa shape index (κ1) is 14.1. The highest BCUT2D eigenvalue weighted by atomic mass is 32.2. The first-order chi connectivity index (χ1) is 6.77. The molecule has 1 amide bonds. The molecule has 0 rings (SSSR count). The number of thiocarbonyl (C=S) groups is 1. The fraction of sp³-hybridized carbons (Fsp3) is 0.667. The maximum absolute atomic E-state index is 11.4. The zero-order valence-corrected chi connectivity index (χ0v) is 9.73. The number of nitrogens with two attached hydrogens (primary N) is 2. The van der Waals surface area contributed by atoms with E-state index in [1.54, 1.807) is 0 Å². The Labute approximate surface area is 93.2 Å². The summed E-state index contributed by atoms with van der Waals surface area (Å²) in [4.78, 5) is 10.0. The van der Waals surface area contributed by atoms with E-state index in [4.69, 9.17) is 5.73 Å². The van der Waals surface area contributed by atoms with E-state index >= 15 is 0 Å². The monoisotopic (exact) mass is 255 g/mol. The molecule has 0 aromatic rings. The van der Waals surface area contributed by atoms with Gasteiger partial charge in [0, 0.05) is 6.54 Å². The maximum atomic E-state index is 11.4. The van der Waals surface area contributed by atoms with Crippen LogP contribution in [0.2, 0.25) is 0 Å². The first-order valence-corrected chi connectivity index (χ1v) is 5.93. The Hall–Kier alpha value is -0.930. The Morgan fingerprint density at radius 3 is 2.47 bits per heavy atom. The van der Waals surface area contributed by atoms with Crippen LogP contribution in [0.5, 0.6) is 0 Å². The lowest BCUT2D eigenvalue weighted by Gasteiger charge is -2.11. The molecule has 0 bridgehead atoms. The fourth-order valence-corrected chi connectivity index (χ4v) is 1.92. The van der Waals surface area contributed by atoms with Gasteiger partial charge in [0.05, 0.1) is 4.99 Å². The Kier molecular flexibility index (Phi) is 5.47. The summed E-state index contributed by atoms with van der Waals surface area (Å²) >= 11 is 4.54. The van der Waals surface area contributed by atoms with Crippen LogP contribution in [-0.2, 0) is 14.8 Å². The van der Waals surface area contributed by atoms with E-state index in [0.717, 1.165) is 0 Å². The number of rotatable bonds is 6. The third kappa shape index (κ3) is 5.50. The van der Waals surface area contributed by atoms with Crippen molar-refractivity contribution in [1.82, 2.24) is 4.72 Å². The normalized spacial score (nSPS) is 13.1. The standard InChI is InChI=1S/C6H13N3O4S2/c1-4(5(7)14)15(11,12)9-2-3-13-6(8)10/h4,9H,2-3H2,1H3,(H2,7,14)(H2,8,10). The number of carbonyl (C=O) groups excluding carboxylic acids is 1. The van der Waals surface area contributed by atoms with Crippen LogP contribution >= 0.6 is 12.2 Å². The van der Waals surface area contributed by atoms with Gasteiger partial charge in [0.15, 0.2) is 0 Å². The van der Waals surface area contributed by atoms with E-state index < -0.39 is 21.4 Å². The van der Waals surface area contributed by atoms with Gasteiger partial charge in [-0.1, -0.05) is 12.2 Å². The van der Waals surface area contributed by atoms with Gasteiger partial charge in [-0.25, -0.2) is 17.9 Å². The van der Waals surface area contributed by atoms with Gasteiger partial charge in [-0.15, -0.1) is 0 Å². The molecule has 0 aromatic carbocycles. The third-order valence-electron chi connectivity index (χ3n) is 1.52. The average Bonchev–Trinajstić information content (AvgIpc) is 2.10. The van der Waals surface area contributed by atoms with E-state index in [1.165, 1.54) is 6.92 Å². The highest BCUT2D eigenvalue weighted by Gasteiger charge is 2.22. The van der Waals surface area contributed by atoms with Gasteiger partial charge in [0.1, 0.15) is 11.9 Å². The zero-order valence-electron chi connectivity index (χ0n) is 8.10. The van der Waals surface area contributed by atoms with Crippen molar-refractivity contribution in [1.29, 1.82) is 0 Å². The summed E-state index contributed by atoms with van der Waals surface area (Å²) in [5.41, 5.74) is 9.85. The molecule has 15 heavy (non-hydrogen) atoms. The quantitative estimate of drug-likeness (QED) is 0.399. The molecular formula is C6H13N3O4S2.